The van der Waals surface area contributed by atoms with Crippen LogP contribution in [0.15, 0.2) is 48.7 Å². The molecule has 2 aromatic heterocycles. The van der Waals surface area contributed by atoms with E-state index in [1.807, 2.05) is 36.9 Å². The number of aryl methyl sites for hydroxylation is 1. The first-order chi connectivity index (χ1) is 16.9. The van der Waals surface area contributed by atoms with Crippen LogP contribution in [0.5, 0.6) is 0 Å². The third kappa shape index (κ3) is 3.77. The summed E-state index contributed by atoms with van der Waals surface area (Å²) in [5, 5.41) is 6.19. The van der Waals surface area contributed by atoms with Gasteiger partial charge in [-0.05, 0) is 55.8 Å². The van der Waals surface area contributed by atoms with Crippen LogP contribution in [-0.2, 0) is 18.0 Å². The van der Waals surface area contributed by atoms with Gasteiger partial charge in [0.15, 0.2) is 5.65 Å². The monoisotopic (exact) mass is 498 g/mol. The average Bonchev–Trinajstić information content (AvgIpc) is 3.34. The highest BCUT2D eigenvalue weighted by Gasteiger charge is 2.51. The fraction of sp³-hybridized carbons (Fsp3) is 0.407. The summed E-state index contributed by atoms with van der Waals surface area (Å²) in [6, 6.07) is 10.5. The molecule has 0 aliphatic heterocycles. The molecule has 36 heavy (non-hydrogen) atoms. The molecule has 4 aromatic rings. The van der Waals surface area contributed by atoms with E-state index in [0.717, 1.165) is 34.8 Å². The Bertz CT molecular complexity index is 1450. The average molecular weight is 499 g/mol. The number of ether oxygens (including phenoxy) is 1. The lowest BCUT2D eigenvalue weighted by molar-refractivity contribution is -0.137. The zero-order valence-corrected chi connectivity index (χ0v) is 20.9. The van der Waals surface area contributed by atoms with E-state index in [0.29, 0.717) is 23.5 Å². The first kappa shape index (κ1) is 24.4. The lowest BCUT2D eigenvalue weighted by atomic mass is 9.63. The maximum Gasteiger partial charge on any atom is 0.416 e. The molecule has 0 radical (unpaired) electrons. The quantitative estimate of drug-likeness (QED) is 0.349. The highest BCUT2D eigenvalue weighted by atomic mass is 19.4. The van der Waals surface area contributed by atoms with Crippen LogP contribution in [0, 0.1) is 5.41 Å². The van der Waals surface area contributed by atoms with Gasteiger partial charge in [0, 0.05) is 60.4 Å². The van der Waals surface area contributed by atoms with Crippen molar-refractivity contribution in [2.24, 2.45) is 12.5 Å². The SMILES string of the molecule is CCOC1CC(N(C)C(=O)c2ccc3c(c2)c2cn(C)nc2n3-c2ccc(C(F)(F)F)cc2)C1(C)C. The summed E-state index contributed by atoms with van der Waals surface area (Å²) in [6.07, 6.45) is -1.63. The number of hydrogen-bond donors (Lipinski definition) is 0. The van der Waals surface area contributed by atoms with Gasteiger partial charge in [-0.15, -0.1) is 0 Å². The number of aromatic nitrogens is 3. The number of benzene rings is 2. The van der Waals surface area contributed by atoms with E-state index in [1.165, 1.54) is 12.1 Å². The number of rotatable bonds is 5. The molecule has 1 saturated carbocycles. The normalized spacial score (nSPS) is 19.6. The van der Waals surface area contributed by atoms with Crippen molar-refractivity contribution in [1.82, 2.24) is 19.2 Å². The van der Waals surface area contributed by atoms with E-state index in [2.05, 4.69) is 18.9 Å². The number of hydrogen-bond acceptors (Lipinski definition) is 3. The number of carbonyl (C=O) groups is 1. The van der Waals surface area contributed by atoms with Crippen LogP contribution in [0.3, 0.4) is 0 Å². The van der Waals surface area contributed by atoms with E-state index in [1.54, 1.807) is 22.7 Å². The molecule has 0 bridgehead atoms. The lowest BCUT2D eigenvalue weighted by Gasteiger charge is -2.54. The van der Waals surface area contributed by atoms with Crippen LogP contribution >= 0.6 is 0 Å². The van der Waals surface area contributed by atoms with Crippen LogP contribution in [-0.4, -0.2) is 51.0 Å². The van der Waals surface area contributed by atoms with E-state index in [9.17, 15) is 18.0 Å². The van der Waals surface area contributed by atoms with Crippen LogP contribution in [0.1, 0.15) is 43.1 Å². The minimum atomic E-state index is -4.41. The van der Waals surface area contributed by atoms with Crippen molar-refractivity contribution in [3.63, 3.8) is 0 Å². The molecule has 2 atom stereocenters. The Hall–Kier alpha value is -3.33. The van der Waals surface area contributed by atoms with Crippen molar-refractivity contribution in [1.29, 1.82) is 0 Å². The van der Waals surface area contributed by atoms with Gasteiger partial charge in [-0.25, -0.2) is 0 Å². The van der Waals surface area contributed by atoms with Gasteiger partial charge in [-0.2, -0.15) is 18.3 Å². The molecule has 190 valence electrons. The van der Waals surface area contributed by atoms with Gasteiger partial charge in [-0.1, -0.05) is 13.8 Å². The summed E-state index contributed by atoms with van der Waals surface area (Å²) in [4.78, 5) is 15.3. The molecule has 2 heterocycles. The minimum Gasteiger partial charge on any atom is -0.378 e. The molecular weight excluding hydrogens is 469 g/mol. The number of halogens is 3. The van der Waals surface area contributed by atoms with Gasteiger partial charge < -0.3 is 9.64 Å². The largest absolute Gasteiger partial charge is 0.416 e. The Labute approximate surface area is 207 Å². The fourth-order valence-corrected chi connectivity index (χ4v) is 5.44. The first-order valence-corrected chi connectivity index (χ1v) is 12.0. The van der Waals surface area contributed by atoms with E-state index < -0.39 is 11.7 Å². The molecule has 2 unspecified atom stereocenters. The molecule has 5 rings (SSSR count). The summed E-state index contributed by atoms with van der Waals surface area (Å²) in [5.74, 6) is -0.0794. The van der Waals surface area contributed by atoms with Crippen LogP contribution in [0.25, 0.3) is 27.6 Å². The number of alkyl halides is 3. The second-order valence-corrected chi connectivity index (χ2v) is 10.1. The standard InChI is InChI=1S/C27H29F3N4O2/c1-6-36-23-14-22(26(23,2)3)33(5)25(35)16-7-12-21-19(13-16)20-15-32(4)31-24(20)34(21)18-10-8-17(9-11-18)27(28,29)30/h7-13,15,22-23H,6,14H2,1-5H3. The fourth-order valence-electron chi connectivity index (χ4n) is 5.44. The Morgan fingerprint density at radius 2 is 1.86 bits per heavy atom. The molecular formula is C27H29F3N4O2. The second-order valence-electron chi connectivity index (χ2n) is 10.1. The Morgan fingerprint density at radius 1 is 1.17 bits per heavy atom. The molecule has 1 amide bonds. The number of carbonyl (C=O) groups excluding carboxylic acids is 1. The molecule has 1 aliphatic carbocycles. The van der Waals surface area contributed by atoms with Crippen molar-refractivity contribution in [2.75, 3.05) is 13.7 Å². The minimum absolute atomic E-state index is 0.0624. The molecule has 0 N–H and O–H groups in total. The highest BCUT2D eigenvalue weighted by Crippen LogP contribution is 2.46. The zero-order chi connectivity index (χ0) is 26.0. The van der Waals surface area contributed by atoms with Crippen molar-refractivity contribution in [2.45, 2.75) is 45.5 Å². The topological polar surface area (TPSA) is 52.3 Å². The van der Waals surface area contributed by atoms with Gasteiger partial charge in [0.1, 0.15) is 0 Å². The molecule has 0 saturated heterocycles. The number of fused-ring (bicyclic) bond motifs is 3. The third-order valence-electron chi connectivity index (χ3n) is 7.53. The second kappa shape index (κ2) is 8.37. The predicted octanol–water partition coefficient (Wildman–Crippen LogP) is 5.81. The van der Waals surface area contributed by atoms with E-state index >= 15 is 0 Å². The molecule has 9 heteroatoms. The third-order valence-corrected chi connectivity index (χ3v) is 7.53. The van der Waals surface area contributed by atoms with Gasteiger partial charge in [0.25, 0.3) is 5.91 Å². The molecule has 6 nitrogen and oxygen atoms in total. The number of nitrogens with zero attached hydrogens (tertiary/aromatic N) is 4. The Morgan fingerprint density at radius 3 is 2.47 bits per heavy atom. The van der Waals surface area contributed by atoms with Crippen molar-refractivity contribution in [3.05, 3.63) is 59.8 Å². The van der Waals surface area contributed by atoms with Crippen molar-refractivity contribution < 1.29 is 22.7 Å². The van der Waals surface area contributed by atoms with Crippen LogP contribution < -0.4 is 0 Å². The Balaban J connectivity index is 1.53. The maximum atomic E-state index is 13.5. The molecule has 1 fully saturated rings. The summed E-state index contributed by atoms with van der Waals surface area (Å²) in [5.41, 5.74) is 1.65. The smallest absolute Gasteiger partial charge is 0.378 e. The summed E-state index contributed by atoms with van der Waals surface area (Å²) >= 11 is 0. The molecule has 1 aliphatic rings. The van der Waals surface area contributed by atoms with Gasteiger partial charge in [0.2, 0.25) is 0 Å². The first-order valence-electron chi connectivity index (χ1n) is 12.0. The van der Waals surface area contributed by atoms with Gasteiger partial charge in [0.05, 0.1) is 17.2 Å². The number of amides is 1. The Kier molecular flexibility index (Phi) is 5.66. The summed E-state index contributed by atoms with van der Waals surface area (Å²) in [6.45, 7) is 6.87. The van der Waals surface area contributed by atoms with E-state index in [4.69, 9.17) is 4.74 Å². The summed E-state index contributed by atoms with van der Waals surface area (Å²) < 4.78 is 48.6. The highest BCUT2D eigenvalue weighted by molar-refractivity contribution is 6.10. The van der Waals surface area contributed by atoms with E-state index in [-0.39, 0.29) is 23.5 Å². The molecule has 2 aromatic carbocycles. The lowest BCUT2D eigenvalue weighted by Crippen LogP contribution is -2.62. The summed E-state index contributed by atoms with van der Waals surface area (Å²) in [7, 11) is 3.62. The maximum absolute atomic E-state index is 13.5. The van der Waals surface area contributed by atoms with Gasteiger partial charge in [-0.3, -0.25) is 14.0 Å². The van der Waals surface area contributed by atoms with Crippen molar-refractivity contribution >= 4 is 27.8 Å². The van der Waals surface area contributed by atoms with Crippen LogP contribution in [0.4, 0.5) is 13.2 Å². The van der Waals surface area contributed by atoms with Gasteiger partial charge >= 0.3 is 6.18 Å². The van der Waals surface area contributed by atoms with Crippen LogP contribution in [0.2, 0.25) is 0 Å². The zero-order valence-electron chi connectivity index (χ0n) is 20.9. The predicted molar refractivity (Wildman–Crippen MR) is 132 cm³/mol. The van der Waals surface area contributed by atoms with Crippen molar-refractivity contribution in [3.8, 4) is 5.69 Å². The molecule has 0 spiro atoms.